The predicted octanol–water partition coefficient (Wildman–Crippen LogP) is 3.09. The van der Waals surface area contributed by atoms with Crippen LogP contribution >= 0.6 is 22.9 Å². The molecule has 0 aliphatic rings. The van der Waals surface area contributed by atoms with E-state index in [0.717, 1.165) is 4.88 Å². The summed E-state index contributed by atoms with van der Waals surface area (Å²) in [6.07, 6.45) is 0. The zero-order valence-corrected chi connectivity index (χ0v) is 13.0. The summed E-state index contributed by atoms with van der Waals surface area (Å²) in [5.41, 5.74) is 0.262. The first-order valence-electron chi connectivity index (χ1n) is 5.63. The van der Waals surface area contributed by atoms with Crippen LogP contribution in [0.4, 0.5) is 0 Å². The number of hydrogen-bond donors (Lipinski definition) is 0. The van der Waals surface area contributed by atoms with Crippen LogP contribution in [0.3, 0.4) is 0 Å². The minimum Gasteiger partial charge on any atom is -0.207 e. The van der Waals surface area contributed by atoms with Crippen LogP contribution < -0.4 is 0 Å². The topological polar surface area (TPSA) is 61.2 Å². The largest absolute Gasteiger partial charge is 0.244 e. The first-order chi connectivity index (χ1) is 9.45. The van der Waals surface area contributed by atoms with E-state index in [1.807, 2.05) is 23.6 Å². The van der Waals surface area contributed by atoms with E-state index in [1.165, 1.54) is 40.9 Å². The molecule has 1 heterocycles. The molecular formula is C13H11ClN2O2S2. The van der Waals surface area contributed by atoms with Gasteiger partial charge in [0.15, 0.2) is 0 Å². The van der Waals surface area contributed by atoms with Gasteiger partial charge in [-0.2, -0.15) is 9.57 Å². The van der Waals surface area contributed by atoms with Crippen LogP contribution in [0.25, 0.3) is 0 Å². The Bertz CT molecular complexity index is 749. The quantitative estimate of drug-likeness (QED) is 0.867. The lowest BCUT2D eigenvalue weighted by molar-refractivity contribution is 0.469. The third-order valence-corrected chi connectivity index (χ3v) is 5.85. The summed E-state index contributed by atoms with van der Waals surface area (Å²) in [6, 6.07) is 9.85. The Morgan fingerprint density at radius 1 is 1.40 bits per heavy atom. The molecule has 2 rings (SSSR count). The molecule has 0 saturated heterocycles. The Morgan fingerprint density at radius 3 is 2.75 bits per heavy atom. The van der Waals surface area contributed by atoms with E-state index in [2.05, 4.69) is 0 Å². The number of rotatable bonds is 4. The highest BCUT2D eigenvalue weighted by molar-refractivity contribution is 7.89. The summed E-state index contributed by atoms with van der Waals surface area (Å²) in [6.45, 7) is 0.271. The van der Waals surface area contributed by atoms with E-state index < -0.39 is 10.0 Å². The summed E-state index contributed by atoms with van der Waals surface area (Å²) in [4.78, 5) is 0.890. The lowest BCUT2D eigenvalue weighted by Crippen LogP contribution is -2.26. The van der Waals surface area contributed by atoms with Crippen molar-refractivity contribution < 1.29 is 8.42 Å². The smallest absolute Gasteiger partial charge is 0.207 e. The lowest BCUT2D eigenvalue weighted by Gasteiger charge is -2.17. The molecule has 104 valence electrons. The van der Waals surface area contributed by atoms with Crippen molar-refractivity contribution in [2.45, 2.75) is 11.4 Å². The molecule has 0 atom stereocenters. The second kappa shape index (κ2) is 5.94. The number of nitriles is 1. The van der Waals surface area contributed by atoms with Gasteiger partial charge in [-0.25, -0.2) is 8.42 Å². The van der Waals surface area contributed by atoms with Crippen molar-refractivity contribution in [2.24, 2.45) is 0 Å². The molecule has 7 heteroatoms. The van der Waals surface area contributed by atoms with Crippen LogP contribution in [0.5, 0.6) is 0 Å². The number of hydrogen-bond acceptors (Lipinski definition) is 4. The van der Waals surface area contributed by atoms with Crippen molar-refractivity contribution in [3.8, 4) is 6.07 Å². The second-order valence-electron chi connectivity index (χ2n) is 4.10. The molecule has 1 aromatic carbocycles. The van der Waals surface area contributed by atoms with Crippen molar-refractivity contribution in [1.82, 2.24) is 4.31 Å². The van der Waals surface area contributed by atoms with Gasteiger partial charge in [-0.1, -0.05) is 17.7 Å². The summed E-state index contributed by atoms with van der Waals surface area (Å²) in [5, 5.41) is 10.9. The van der Waals surface area contributed by atoms with Gasteiger partial charge in [0.1, 0.15) is 4.90 Å². The van der Waals surface area contributed by atoms with Crippen LogP contribution in [0.15, 0.2) is 40.6 Å². The molecule has 0 aliphatic carbocycles. The summed E-state index contributed by atoms with van der Waals surface area (Å²) in [5.74, 6) is 0. The van der Waals surface area contributed by atoms with Crippen LogP contribution in [0, 0.1) is 11.3 Å². The molecule has 1 aromatic heterocycles. The van der Waals surface area contributed by atoms with Crippen molar-refractivity contribution >= 4 is 33.0 Å². The Morgan fingerprint density at radius 2 is 2.15 bits per heavy atom. The first kappa shape index (κ1) is 15.0. The Kier molecular flexibility index (Phi) is 4.45. The van der Waals surface area contributed by atoms with Gasteiger partial charge in [0.05, 0.1) is 16.7 Å². The van der Waals surface area contributed by atoms with E-state index in [9.17, 15) is 8.42 Å². The van der Waals surface area contributed by atoms with E-state index in [-0.39, 0.29) is 22.0 Å². The Balaban J connectivity index is 2.37. The molecule has 0 unspecified atom stereocenters. The SMILES string of the molecule is CN(Cc1cccs1)S(=O)(=O)c1cc(C#N)ccc1Cl. The number of benzene rings is 1. The molecule has 0 spiro atoms. The first-order valence-corrected chi connectivity index (χ1v) is 8.33. The van der Waals surface area contributed by atoms with Crippen molar-refractivity contribution in [1.29, 1.82) is 5.26 Å². The van der Waals surface area contributed by atoms with Gasteiger partial charge in [0, 0.05) is 18.5 Å². The summed E-state index contributed by atoms with van der Waals surface area (Å²) >= 11 is 7.43. The summed E-state index contributed by atoms with van der Waals surface area (Å²) in [7, 11) is -2.23. The maximum absolute atomic E-state index is 12.5. The van der Waals surface area contributed by atoms with Gasteiger partial charge in [0.2, 0.25) is 10.0 Å². The highest BCUT2D eigenvalue weighted by Crippen LogP contribution is 2.26. The normalized spacial score (nSPS) is 11.5. The van der Waals surface area contributed by atoms with Gasteiger partial charge >= 0.3 is 0 Å². The Hall–Kier alpha value is -1.39. The number of sulfonamides is 1. The van der Waals surface area contributed by atoms with Gasteiger partial charge in [-0.3, -0.25) is 0 Å². The number of thiophene rings is 1. The lowest BCUT2D eigenvalue weighted by atomic mass is 10.2. The third-order valence-electron chi connectivity index (χ3n) is 2.71. The van der Waals surface area contributed by atoms with E-state index >= 15 is 0 Å². The molecule has 4 nitrogen and oxygen atoms in total. The average Bonchev–Trinajstić information content (AvgIpc) is 2.92. The van der Waals surface area contributed by atoms with E-state index in [0.29, 0.717) is 0 Å². The number of nitrogens with zero attached hydrogens (tertiary/aromatic N) is 2. The van der Waals surface area contributed by atoms with Crippen molar-refractivity contribution in [2.75, 3.05) is 7.05 Å². The van der Waals surface area contributed by atoms with Crippen LogP contribution in [0.2, 0.25) is 5.02 Å². The molecule has 0 fully saturated rings. The van der Waals surface area contributed by atoms with Crippen molar-refractivity contribution in [3.05, 3.63) is 51.2 Å². The van der Waals surface area contributed by atoms with Gasteiger partial charge < -0.3 is 0 Å². The average molecular weight is 327 g/mol. The number of halogens is 1. The predicted molar refractivity (Wildman–Crippen MR) is 79.1 cm³/mol. The maximum atomic E-state index is 12.5. The van der Waals surface area contributed by atoms with E-state index in [4.69, 9.17) is 16.9 Å². The zero-order chi connectivity index (χ0) is 14.8. The minimum absolute atomic E-state index is 0.0442. The van der Waals surface area contributed by atoms with Crippen LogP contribution in [0.1, 0.15) is 10.4 Å². The second-order valence-corrected chi connectivity index (χ2v) is 7.55. The van der Waals surface area contributed by atoms with Crippen LogP contribution in [-0.4, -0.2) is 19.8 Å². The minimum atomic E-state index is -3.72. The highest BCUT2D eigenvalue weighted by Gasteiger charge is 2.24. The molecular weight excluding hydrogens is 316 g/mol. The molecule has 0 amide bonds. The monoisotopic (exact) mass is 326 g/mol. The fourth-order valence-electron chi connectivity index (χ4n) is 1.65. The molecule has 0 N–H and O–H groups in total. The molecule has 0 aliphatic heterocycles. The van der Waals surface area contributed by atoms with Crippen molar-refractivity contribution in [3.63, 3.8) is 0 Å². The standard InChI is InChI=1S/C13H11ClN2O2S2/c1-16(9-11-3-2-6-19-11)20(17,18)13-7-10(8-15)4-5-12(13)14/h2-7H,9H2,1H3. The van der Waals surface area contributed by atoms with E-state index in [1.54, 1.807) is 0 Å². The highest BCUT2D eigenvalue weighted by atomic mass is 35.5. The summed E-state index contributed by atoms with van der Waals surface area (Å²) < 4.78 is 26.2. The zero-order valence-electron chi connectivity index (χ0n) is 10.6. The molecule has 0 radical (unpaired) electrons. The van der Waals surface area contributed by atoms with Crippen LogP contribution in [-0.2, 0) is 16.6 Å². The Labute approximate surface area is 126 Å². The molecule has 0 saturated carbocycles. The fourth-order valence-corrected chi connectivity index (χ4v) is 4.13. The fraction of sp³-hybridized carbons (Fsp3) is 0.154. The third kappa shape index (κ3) is 3.02. The van der Waals surface area contributed by atoms with Gasteiger partial charge in [-0.15, -0.1) is 11.3 Å². The van der Waals surface area contributed by atoms with Gasteiger partial charge in [-0.05, 0) is 29.6 Å². The van der Waals surface area contributed by atoms with Gasteiger partial charge in [0.25, 0.3) is 0 Å². The molecule has 2 aromatic rings. The molecule has 0 bridgehead atoms. The molecule has 20 heavy (non-hydrogen) atoms. The maximum Gasteiger partial charge on any atom is 0.244 e.